The Morgan fingerprint density at radius 3 is 2.81 bits per heavy atom. The molecule has 1 aliphatic heterocycles. The van der Waals surface area contributed by atoms with Crippen molar-refractivity contribution < 1.29 is 22.7 Å². The van der Waals surface area contributed by atoms with E-state index in [1.54, 1.807) is 0 Å². The van der Waals surface area contributed by atoms with E-state index in [0.717, 1.165) is 13.0 Å². The predicted octanol–water partition coefficient (Wildman–Crippen LogP) is 0.291. The molecule has 1 unspecified atom stereocenters. The molecule has 0 aromatic carbocycles. The molecule has 1 saturated heterocycles. The first kappa shape index (κ1) is 13.2. The van der Waals surface area contributed by atoms with Crippen LogP contribution < -0.4 is 10.6 Å². The van der Waals surface area contributed by atoms with E-state index in [-0.39, 0.29) is 25.0 Å². The molecule has 0 spiro atoms. The first-order chi connectivity index (χ1) is 7.49. The number of rotatable bonds is 5. The van der Waals surface area contributed by atoms with Crippen LogP contribution in [0.2, 0.25) is 0 Å². The van der Waals surface area contributed by atoms with E-state index in [0.29, 0.717) is 6.54 Å². The van der Waals surface area contributed by atoms with Gasteiger partial charge in [0.25, 0.3) is 0 Å². The Bertz CT molecular complexity index is 227. The van der Waals surface area contributed by atoms with Gasteiger partial charge in [-0.05, 0) is 13.0 Å². The molecule has 0 radical (unpaired) electrons. The van der Waals surface area contributed by atoms with E-state index >= 15 is 0 Å². The molecule has 1 atom stereocenters. The maximum absolute atomic E-state index is 11.7. The number of hydrogen-bond acceptors (Lipinski definition) is 3. The molecule has 7 heteroatoms. The predicted molar refractivity (Wildman–Crippen MR) is 50.9 cm³/mol. The van der Waals surface area contributed by atoms with Gasteiger partial charge in [0.1, 0.15) is 6.61 Å². The molecule has 94 valence electrons. The van der Waals surface area contributed by atoms with Crippen molar-refractivity contribution in [3.63, 3.8) is 0 Å². The largest absolute Gasteiger partial charge is 0.411 e. The molecule has 2 N–H and O–H groups in total. The fourth-order valence-electron chi connectivity index (χ4n) is 1.46. The van der Waals surface area contributed by atoms with Gasteiger partial charge in [-0.3, -0.25) is 4.79 Å². The monoisotopic (exact) mass is 240 g/mol. The summed E-state index contributed by atoms with van der Waals surface area (Å²) >= 11 is 0. The number of halogens is 3. The summed E-state index contributed by atoms with van der Waals surface area (Å²) in [6.45, 7) is 0.169. The van der Waals surface area contributed by atoms with Crippen LogP contribution in [0.1, 0.15) is 6.42 Å². The maximum Gasteiger partial charge on any atom is 0.411 e. The minimum absolute atomic E-state index is 0.0670. The number of nitrogens with one attached hydrogen (secondary N) is 2. The Labute approximate surface area is 91.5 Å². The van der Waals surface area contributed by atoms with E-state index in [1.807, 2.05) is 0 Å². The number of hydrogen-bond donors (Lipinski definition) is 2. The lowest BCUT2D eigenvalue weighted by molar-refractivity contribution is -0.173. The fraction of sp³-hybridized carbons (Fsp3) is 0.889. The van der Waals surface area contributed by atoms with Gasteiger partial charge in [0.15, 0.2) is 0 Å². The van der Waals surface area contributed by atoms with Crippen LogP contribution >= 0.6 is 0 Å². The summed E-state index contributed by atoms with van der Waals surface area (Å²) in [6.07, 6.45) is -3.53. The second-order valence-corrected chi connectivity index (χ2v) is 3.65. The number of amides is 1. The smallest absolute Gasteiger partial charge is 0.370 e. The van der Waals surface area contributed by atoms with Crippen LogP contribution in [0.4, 0.5) is 13.2 Å². The zero-order valence-corrected chi connectivity index (χ0v) is 8.77. The lowest BCUT2D eigenvalue weighted by Gasteiger charge is -2.10. The van der Waals surface area contributed by atoms with Crippen molar-refractivity contribution in [3.8, 4) is 0 Å². The summed E-state index contributed by atoms with van der Waals surface area (Å²) in [4.78, 5) is 11.4. The quantitative estimate of drug-likeness (QED) is 0.679. The number of ether oxygens (including phenoxy) is 1. The number of carbonyl (C=O) groups is 1. The van der Waals surface area contributed by atoms with E-state index in [1.165, 1.54) is 0 Å². The molecule has 1 fully saturated rings. The van der Waals surface area contributed by atoms with Gasteiger partial charge in [0.05, 0.1) is 12.5 Å². The first-order valence-corrected chi connectivity index (χ1v) is 5.12. The molecular weight excluding hydrogens is 225 g/mol. The van der Waals surface area contributed by atoms with E-state index in [9.17, 15) is 18.0 Å². The fourth-order valence-corrected chi connectivity index (χ4v) is 1.46. The van der Waals surface area contributed by atoms with Gasteiger partial charge >= 0.3 is 6.18 Å². The Hall–Kier alpha value is -0.820. The second kappa shape index (κ2) is 6.05. The van der Waals surface area contributed by atoms with Crippen molar-refractivity contribution in [2.75, 3.05) is 32.8 Å². The van der Waals surface area contributed by atoms with Gasteiger partial charge < -0.3 is 15.4 Å². The summed E-state index contributed by atoms with van der Waals surface area (Å²) in [5.74, 6) is -0.191. The molecule has 1 amide bonds. The highest BCUT2D eigenvalue weighted by Crippen LogP contribution is 2.14. The molecule has 0 saturated carbocycles. The van der Waals surface area contributed by atoms with Crippen LogP contribution in [0.15, 0.2) is 0 Å². The van der Waals surface area contributed by atoms with Gasteiger partial charge in [-0.25, -0.2) is 0 Å². The van der Waals surface area contributed by atoms with Crippen LogP contribution in [0, 0.1) is 5.92 Å². The molecule has 1 rings (SSSR count). The number of carbonyl (C=O) groups excluding carboxylic acids is 1. The minimum Gasteiger partial charge on any atom is -0.370 e. The van der Waals surface area contributed by atoms with E-state index in [4.69, 9.17) is 0 Å². The van der Waals surface area contributed by atoms with Crippen molar-refractivity contribution in [1.82, 2.24) is 10.6 Å². The van der Waals surface area contributed by atoms with Crippen LogP contribution in [0.5, 0.6) is 0 Å². The highest BCUT2D eigenvalue weighted by Gasteiger charge is 2.27. The summed E-state index contributed by atoms with van der Waals surface area (Å²) in [7, 11) is 0. The third-order valence-electron chi connectivity index (χ3n) is 2.24. The van der Waals surface area contributed by atoms with E-state index in [2.05, 4.69) is 15.4 Å². The van der Waals surface area contributed by atoms with Crippen LogP contribution in [0.25, 0.3) is 0 Å². The molecule has 0 bridgehead atoms. The van der Waals surface area contributed by atoms with Crippen LogP contribution in [0.3, 0.4) is 0 Å². The van der Waals surface area contributed by atoms with Gasteiger partial charge in [-0.2, -0.15) is 13.2 Å². The molecule has 4 nitrogen and oxygen atoms in total. The van der Waals surface area contributed by atoms with Crippen molar-refractivity contribution in [2.24, 2.45) is 5.92 Å². The van der Waals surface area contributed by atoms with Gasteiger partial charge in [0.2, 0.25) is 5.91 Å². The summed E-state index contributed by atoms with van der Waals surface area (Å²) in [6, 6.07) is 0. The molecule has 1 heterocycles. The molecule has 0 aromatic heterocycles. The Balaban J connectivity index is 2.00. The second-order valence-electron chi connectivity index (χ2n) is 3.65. The highest BCUT2D eigenvalue weighted by molar-refractivity contribution is 5.79. The lowest BCUT2D eigenvalue weighted by atomic mass is 10.1. The molecule has 1 aliphatic rings. The number of alkyl halides is 3. The third-order valence-corrected chi connectivity index (χ3v) is 2.24. The topological polar surface area (TPSA) is 50.4 Å². The standard InChI is InChI=1S/C9H15F3N2O2/c10-9(11,12)6-16-4-3-14-8(15)7-1-2-13-5-7/h7,13H,1-6H2,(H,14,15). The third kappa shape index (κ3) is 5.32. The average Bonchev–Trinajstić information content (AvgIpc) is 2.67. The van der Waals surface area contributed by atoms with Crippen molar-refractivity contribution in [1.29, 1.82) is 0 Å². The normalized spacial score (nSPS) is 21.1. The van der Waals surface area contributed by atoms with Gasteiger partial charge in [-0.15, -0.1) is 0 Å². The first-order valence-electron chi connectivity index (χ1n) is 5.12. The van der Waals surface area contributed by atoms with Gasteiger partial charge in [-0.1, -0.05) is 0 Å². The van der Waals surface area contributed by atoms with Crippen molar-refractivity contribution in [2.45, 2.75) is 12.6 Å². The Morgan fingerprint density at radius 1 is 1.50 bits per heavy atom. The van der Waals surface area contributed by atoms with E-state index < -0.39 is 12.8 Å². The summed E-state index contributed by atoms with van der Waals surface area (Å²) < 4.78 is 39.4. The Morgan fingerprint density at radius 2 is 2.25 bits per heavy atom. The highest BCUT2D eigenvalue weighted by atomic mass is 19.4. The molecule has 0 aromatic rings. The summed E-state index contributed by atoms with van der Waals surface area (Å²) in [5, 5.41) is 5.57. The lowest BCUT2D eigenvalue weighted by Crippen LogP contribution is -2.34. The maximum atomic E-state index is 11.7. The molecule has 0 aliphatic carbocycles. The van der Waals surface area contributed by atoms with Crippen LogP contribution in [-0.4, -0.2) is 44.9 Å². The Kier molecular flexibility index (Phi) is 5.01. The summed E-state index contributed by atoms with van der Waals surface area (Å²) in [5.41, 5.74) is 0. The zero-order valence-electron chi connectivity index (χ0n) is 8.77. The van der Waals surface area contributed by atoms with Crippen molar-refractivity contribution in [3.05, 3.63) is 0 Å². The molecule has 16 heavy (non-hydrogen) atoms. The van der Waals surface area contributed by atoms with Crippen LogP contribution in [-0.2, 0) is 9.53 Å². The minimum atomic E-state index is -4.31. The zero-order chi connectivity index (χ0) is 12.0. The van der Waals surface area contributed by atoms with Crippen molar-refractivity contribution >= 4 is 5.91 Å². The molecular formula is C9H15F3N2O2. The average molecular weight is 240 g/mol. The SMILES string of the molecule is O=C(NCCOCC(F)(F)F)C1CCNC1. The van der Waals surface area contributed by atoms with Gasteiger partial charge in [0, 0.05) is 13.1 Å².